The Morgan fingerprint density at radius 1 is 1.22 bits per heavy atom. The Hall–Kier alpha value is -1.70. The number of allylic oxidation sites excluding steroid dienone is 1. The summed E-state index contributed by atoms with van der Waals surface area (Å²) in [5.41, 5.74) is 1.66. The standard InChI is InChI=1S/C20H28N2O4S/c23-20(21-15-18-9-5-13-26-18)17-8-4-10-19(14-17)27(24,25)22-12-11-16-6-2-1-3-7-16/h4,6,8,10,14,18,22H,1-3,5,7,9,11-13,15H2,(H,21,23). The molecule has 1 atom stereocenters. The topological polar surface area (TPSA) is 84.5 Å². The second kappa shape index (κ2) is 9.48. The van der Waals surface area contributed by atoms with Crippen molar-refractivity contribution in [3.05, 3.63) is 41.5 Å². The van der Waals surface area contributed by atoms with Crippen LogP contribution in [-0.4, -0.2) is 40.1 Å². The van der Waals surface area contributed by atoms with Crippen LogP contribution in [0.25, 0.3) is 0 Å². The Kier molecular flexibility index (Phi) is 7.04. The molecule has 1 heterocycles. The molecule has 2 N–H and O–H groups in total. The minimum atomic E-state index is -3.63. The molecule has 7 heteroatoms. The van der Waals surface area contributed by atoms with Crippen LogP contribution >= 0.6 is 0 Å². The van der Waals surface area contributed by atoms with Gasteiger partial charge in [-0.25, -0.2) is 13.1 Å². The molecule has 0 bridgehead atoms. The second-order valence-corrected chi connectivity index (χ2v) is 8.90. The van der Waals surface area contributed by atoms with Gasteiger partial charge >= 0.3 is 0 Å². The molecule has 27 heavy (non-hydrogen) atoms. The second-order valence-electron chi connectivity index (χ2n) is 7.13. The molecule has 0 aromatic heterocycles. The average Bonchev–Trinajstić information content (AvgIpc) is 3.20. The van der Waals surface area contributed by atoms with Gasteiger partial charge in [-0.15, -0.1) is 0 Å². The summed E-state index contributed by atoms with van der Waals surface area (Å²) >= 11 is 0. The maximum atomic E-state index is 12.5. The van der Waals surface area contributed by atoms with E-state index in [1.807, 2.05) is 0 Å². The average molecular weight is 393 g/mol. The van der Waals surface area contributed by atoms with E-state index in [4.69, 9.17) is 4.74 Å². The highest BCUT2D eigenvalue weighted by molar-refractivity contribution is 7.89. The van der Waals surface area contributed by atoms with Crippen molar-refractivity contribution in [3.8, 4) is 0 Å². The summed E-state index contributed by atoms with van der Waals surface area (Å²) in [4.78, 5) is 12.4. The Labute approximate surface area is 161 Å². The highest BCUT2D eigenvalue weighted by atomic mass is 32.2. The Balaban J connectivity index is 1.55. The summed E-state index contributed by atoms with van der Waals surface area (Å²) in [7, 11) is -3.63. The van der Waals surface area contributed by atoms with Gasteiger partial charge < -0.3 is 10.1 Å². The number of rotatable bonds is 8. The predicted molar refractivity (Wildman–Crippen MR) is 104 cm³/mol. The molecule has 1 aliphatic heterocycles. The Bertz CT molecular complexity index is 783. The van der Waals surface area contributed by atoms with E-state index in [0.29, 0.717) is 18.7 Å². The maximum absolute atomic E-state index is 12.5. The molecule has 0 saturated carbocycles. The minimum Gasteiger partial charge on any atom is -0.376 e. The highest BCUT2D eigenvalue weighted by Crippen LogP contribution is 2.20. The van der Waals surface area contributed by atoms with Crippen LogP contribution in [0, 0.1) is 0 Å². The molecule has 2 aliphatic rings. The lowest BCUT2D eigenvalue weighted by molar-refractivity contribution is 0.0857. The summed E-state index contributed by atoms with van der Waals surface area (Å²) in [5.74, 6) is -0.282. The molecule has 3 rings (SSSR count). The summed E-state index contributed by atoms with van der Waals surface area (Å²) in [6, 6.07) is 6.15. The van der Waals surface area contributed by atoms with Crippen molar-refractivity contribution < 1.29 is 17.9 Å². The normalized spacial score (nSPS) is 20.3. The third-order valence-electron chi connectivity index (χ3n) is 5.04. The lowest BCUT2D eigenvalue weighted by Crippen LogP contribution is -2.32. The van der Waals surface area contributed by atoms with Crippen molar-refractivity contribution in [3.63, 3.8) is 0 Å². The van der Waals surface area contributed by atoms with E-state index in [9.17, 15) is 13.2 Å². The van der Waals surface area contributed by atoms with Crippen LogP contribution < -0.4 is 10.0 Å². The summed E-state index contributed by atoms with van der Waals surface area (Å²) in [6.45, 7) is 1.56. The van der Waals surface area contributed by atoms with Crippen LogP contribution in [0.2, 0.25) is 0 Å². The van der Waals surface area contributed by atoms with Crippen molar-refractivity contribution in [2.75, 3.05) is 19.7 Å². The lowest BCUT2D eigenvalue weighted by atomic mass is 9.97. The van der Waals surface area contributed by atoms with Crippen LogP contribution in [-0.2, 0) is 14.8 Å². The minimum absolute atomic E-state index is 0.0524. The molecule has 148 valence electrons. The van der Waals surface area contributed by atoms with E-state index in [1.54, 1.807) is 12.1 Å². The van der Waals surface area contributed by atoms with Gasteiger partial charge in [-0.05, 0) is 63.1 Å². The third kappa shape index (κ3) is 5.89. The maximum Gasteiger partial charge on any atom is 0.251 e. The van der Waals surface area contributed by atoms with Crippen LogP contribution in [0.15, 0.2) is 40.8 Å². The number of ether oxygens (including phenoxy) is 1. The summed E-state index contributed by atoms with van der Waals surface area (Å²) in [5, 5.41) is 2.82. The quantitative estimate of drug-likeness (QED) is 0.666. The number of hydrogen-bond donors (Lipinski definition) is 2. The van der Waals surface area contributed by atoms with E-state index in [1.165, 1.54) is 30.5 Å². The fourth-order valence-corrected chi connectivity index (χ4v) is 4.56. The Morgan fingerprint density at radius 2 is 2.11 bits per heavy atom. The molecule has 1 aliphatic carbocycles. The van der Waals surface area contributed by atoms with Crippen molar-refractivity contribution in [2.24, 2.45) is 0 Å². The SMILES string of the molecule is O=C(NCC1CCCO1)c1cccc(S(=O)(=O)NCCC2=CCCCC2)c1. The van der Waals surface area contributed by atoms with Gasteiger partial charge in [0.1, 0.15) is 0 Å². The first-order valence-electron chi connectivity index (χ1n) is 9.72. The van der Waals surface area contributed by atoms with Gasteiger partial charge in [-0.3, -0.25) is 4.79 Å². The van der Waals surface area contributed by atoms with Crippen LogP contribution in [0.4, 0.5) is 0 Å². The molecular formula is C20H28N2O4S. The van der Waals surface area contributed by atoms with E-state index in [0.717, 1.165) is 38.7 Å². The number of benzene rings is 1. The van der Waals surface area contributed by atoms with Crippen molar-refractivity contribution >= 4 is 15.9 Å². The Morgan fingerprint density at radius 3 is 2.85 bits per heavy atom. The van der Waals surface area contributed by atoms with Gasteiger partial charge in [0.15, 0.2) is 0 Å². The van der Waals surface area contributed by atoms with Crippen LogP contribution in [0.3, 0.4) is 0 Å². The number of carbonyl (C=O) groups excluding carboxylic acids is 1. The zero-order valence-corrected chi connectivity index (χ0v) is 16.4. The molecule has 1 amide bonds. The number of hydrogen-bond acceptors (Lipinski definition) is 4. The van der Waals surface area contributed by atoms with E-state index in [-0.39, 0.29) is 16.9 Å². The first kappa shape index (κ1) is 20.0. The number of carbonyl (C=O) groups is 1. The smallest absolute Gasteiger partial charge is 0.251 e. The molecule has 0 radical (unpaired) electrons. The molecule has 1 saturated heterocycles. The van der Waals surface area contributed by atoms with Crippen molar-refractivity contribution in [1.82, 2.24) is 10.0 Å². The van der Waals surface area contributed by atoms with Gasteiger partial charge in [0.05, 0.1) is 11.0 Å². The predicted octanol–water partition coefficient (Wildman–Crippen LogP) is 2.76. The number of sulfonamides is 1. The largest absolute Gasteiger partial charge is 0.376 e. The van der Waals surface area contributed by atoms with Gasteiger partial charge in [-0.1, -0.05) is 17.7 Å². The third-order valence-corrected chi connectivity index (χ3v) is 6.50. The van der Waals surface area contributed by atoms with Crippen molar-refractivity contribution in [2.45, 2.75) is 55.9 Å². The lowest BCUT2D eigenvalue weighted by Gasteiger charge is -2.14. The van der Waals surface area contributed by atoms with Gasteiger partial charge in [0.2, 0.25) is 10.0 Å². The monoisotopic (exact) mass is 392 g/mol. The zero-order chi connectivity index (χ0) is 19.1. The van der Waals surface area contributed by atoms with Gasteiger partial charge in [0, 0.05) is 25.3 Å². The molecule has 1 fully saturated rings. The van der Waals surface area contributed by atoms with Gasteiger partial charge in [-0.2, -0.15) is 0 Å². The number of nitrogens with one attached hydrogen (secondary N) is 2. The zero-order valence-electron chi connectivity index (χ0n) is 15.6. The molecular weight excluding hydrogens is 364 g/mol. The van der Waals surface area contributed by atoms with Crippen molar-refractivity contribution in [1.29, 1.82) is 0 Å². The molecule has 0 spiro atoms. The highest BCUT2D eigenvalue weighted by Gasteiger charge is 2.19. The fraction of sp³-hybridized carbons (Fsp3) is 0.550. The molecule has 6 nitrogen and oxygen atoms in total. The summed E-state index contributed by atoms with van der Waals surface area (Å²) in [6.07, 6.45) is 9.51. The first-order valence-corrected chi connectivity index (χ1v) is 11.2. The van der Waals surface area contributed by atoms with Gasteiger partial charge in [0.25, 0.3) is 5.91 Å². The van der Waals surface area contributed by atoms with Crippen LogP contribution in [0.1, 0.15) is 55.3 Å². The molecule has 1 unspecified atom stereocenters. The van der Waals surface area contributed by atoms with Crippen LogP contribution in [0.5, 0.6) is 0 Å². The molecule has 1 aromatic rings. The number of amides is 1. The van der Waals surface area contributed by atoms with E-state index in [2.05, 4.69) is 16.1 Å². The van der Waals surface area contributed by atoms with E-state index < -0.39 is 10.0 Å². The summed E-state index contributed by atoms with van der Waals surface area (Å²) < 4.78 is 33.2. The van der Waals surface area contributed by atoms with E-state index >= 15 is 0 Å². The fourth-order valence-electron chi connectivity index (χ4n) is 3.48. The molecule has 1 aromatic carbocycles. The first-order chi connectivity index (χ1) is 13.0.